The lowest BCUT2D eigenvalue weighted by molar-refractivity contribution is 0.908. The van der Waals surface area contributed by atoms with Crippen molar-refractivity contribution in [3.63, 3.8) is 0 Å². The number of thiophene rings is 1. The molecule has 19 heavy (non-hydrogen) atoms. The van der Waals surface area contributed by atoms with Crippen molar-refractivity contribution in [1.29, 1.82) is 0 Å². The maximum atomic E-state index is 5.97. The van der Waals surface area contributed by atoms with E-state index in [1.807, 2.05) is 25.1 Å². The van der Waals surface area contributed by atoms with Crippen LogP contribution in [0.2, 0.25) is 4.34 Å². The monoisotopic (exact) mass is 291 g/mol. The Bertz CT molecular complexity index is 716. The van der Waals surface area contributed by atoms with Gasteiger partial charge in [0.25, 0.3) is 0 Å². The van der Waals surface area contributed by atoms with Crippen molar-refractivity contribution >= 4 is 39.7 Å². The summed E-state index contributed by atoms with van der Waals surface area (Å²) >= 11 is 7.57. The van der Waals surface area contributed by atoms with Crippen LogP contribution < -0.4 is 5.32 Å². The molecule has 1 aromatic carbocycles. The van der Waals surface area contributed by atoms with Crippen LogP contribution in [-0.2, 0) is 0 Å². The number of halogens is 1. The minimum Gasteiger partial charge on any atom is -0.378 e. The molecule has 0 saturated carbocycles. The minimum absolute atomic E-state index is 0.235. The third kappa shape index (κ3) is 2.60. The Balaban J connectivity index is 1.84. The van der Waals surface area contributed by atoms with Crippen LogP contribution in [0.25, 0.3) is 11.0 Å². The highest BCUT2D eigenvalue weighted by Gasteiger charge is 2.09. The van der Waals surface area contributed by atoms with E-state index < -0.39 is 0 Å². The number of fused-ring (bicyclic) bond motifs is 1. The van der Waals surface area contributed by atoms with E-state index in [4.69, 9.17) is 11.6 Å². The Hall–Kier alpha value is -1.52. The molecule has 1 atom stereocenters. The van der Waals surface area contributed by atoms with Crippen LogP contribution in [0.1, 0.15) is 23.7 Å². The Morgan fingerprint density at radius 3 is 2.89 bits per heavy atom. The summed E-state index contributed by atoms with van der Waals surface area (Å²) in [5.41, 5.74) is 3.13. The Morgan fingerprint density at radius 1 is 1.32 bits per heavy atom. The average Bonchev–Trinajstić information content (AvgIpc) is 2.93. The molecule has 0 bridgehead atoms. The number of benzene rings is 1. The fraction of sp³-hybridized carbons (Fsp3) is 0.214. The summed E-state index contributed by atoms with van der Waals surface area (Å²) in [5.74, 6) is 0.935. The van der Waals surface area contributed by atoms with E-state index in [1.165, 1.54) is 4.88 Å². The number of aromatic amines is 1. The second-order valence-electron chi connectivity index (χ2n) is 4.56. The van der Waals surface area contributed by atoms with Crippen LogP contribution in [0.5, 0.6) is 0 Å². The second-order valence-corrected chi connectivity index (χ2v) is 6.31. The summed E-state index contributed by atoms with van der Waals surface area (Å²) in [6, 6.07) is 10.4. The largest absolute Gasteiger partial charge is 0.378 e. The van der Waals surface area contributed by atoms with Crippen LogP contribution in [0, 0.1) is 6.92 Å². The molecule has 2 N–H and O–H groups in total. The van der Waals surface area contributed by atoms with E-state index in [2.05, 4.69) is 34.3 Å². The molecular formula is C14H14ClN3S. The topological polar surface area (TPSA) is 40.7 Å². The van der Waals surface area contributed by atoms with Gasteiger partial charge < -0.3 is 10.3 Å². The Kier molecular flexibility index (Phi) is 3.21. The zero-order valence-electron chi connectivity index (χ0n) is 10.7. The molecular weight excluding hydrogens is 278 g/mol. The molecule has 3 nitrogen and oxygen atoms in total. The first kappa shape index (κ1) is 12.5. The number of nitrogens with one attached hydrogen (secondary N) is 2. The van der Waals surface area contributed by atoms with Crippen molar-refractivity contribution in [3.05, 3.63) is 45.4 Å². The number of hydrogen-bond donors (Lipinski definition) is 2. The van der Waals surface area contributed by atoms with Crippen molar-refractivity contribution in [2.45, 2.75) is 19.9 Å². The highest BCUT2D eigenvalue weighted by atomic mass is 35.5. The fourth-order valence-electron chi connectivity index (χ4n) is 2.11. The lowest BCUT2D eigenvalue weighted by atomic mass is 10.2. The zero-order chi connectivity index (χ0) is 13.4. The normalized spacial score (nSPS) is 12.8. The van der Waals surface area contributed by atoms with Crippen LogP contribution in [0.4, 0.5) is 5.69 Å². The maximum Gasteiger partial charge on any atom is 0.104 e. The molecule has 3 rings (SSSR count). The van der Waals surface area contributed by atoms with Crippen molar-refractivity contribution in [1.82, 2.24) is 9.97 Å². The highest BCUT2D eigenvalue weighted by Crippen LogP contribution is 2.29. The lowest BCUT2D eigenvalue weighted by Crippen LogP contribution is -2.04. The molecule has 0 aliphatic rings. The molecule has 0 radical (unpaired) electrons. The number of anilines is 1. The van der Waals surface area contributed by atoms with Gasteiger partial charge in [0.2, 0.25) is 0 Å². The number of aromatic nitrogens is 2. The van der Waals surface area contributed by atoms with Gasteiger partial charge in [0, 0.05) is 10.6 Å². The van der Waals surface area contributed by atoms with Gasteiger partial charge in [-0.2, -0.15) is 0 Å². The molecule has 0 spiro atoms. The van der Waals surface area contributed by atoms with Crippen molar-refractivity contribution in [2.24, 2.45) is 0 Å². The van der Waals surface area contributed by atoms with Gasteiger partial charge in [-0.05, 0) is 44.2 Å². The molecule has 2 aromatic heterocycles. The Labute approximate surface area is 120 Å². The average molecular weight is 292 g/mol. The van der Waals surface area contributed by atoms with E-state index in [0.29, 0.717) is 0 Å². The van der Waals surface area contributed by atoms with Gasteiger partial charge in [-0.3, -0.25) is 0 Å². The van der Waals surface area contributed by atoms with E-state index in [9.17, 15) is 0 Å². The molecule has 98 valence electrons. The molecule has 3 aromatic rings. The quantitative estimate of drug-likeness (QED) is 0.730. The van der Waals surface area contributed by atoms with Crippen LogP contribution in [0.3, 0.4) is 0 Å². The summed E-state index contributed by atoms with van der Waals surface area (Å²) in [4.78, 5) is 8.87. The third-order valence-electron chi connectivity index (χ3n) is 3.00. The van der Waals surface area contributed by atoms with E-state index >= 15 is 0 Å². The molecule has 0 saturated heterocycles. The fourth-order valence-corrected chi connectivity index (χ4v) is 3.17. The molecule has 0 aliphatic heterocycles. The molecule has 2 heterocycles. The van der Waals surface area contributed by atoms with Crippen LogP contribution >= 0.6 is 22.9 Å². The van der Waals surface area contributed by atoms with Crippen LogP contribution in [0.15, 0.2) is 30.3 Å². The van der Waals surface area contributed by atoms with E-state index in [-0.39, 0.29) is 6.04 Å². The second kappa shape index (κ2) is 4.87. The number of hydrogen-bond acceptors (Lipinski definition) is 3. The third-order valence-corrected chi connectivity index (χ3v) is 4.42. The lowest BCUT2D eigenvalue weighted by Gasteiger charge is -2.13. The van der Waals surface area contributed by atoms with Crippen molar-refractivity contribution in [2.75, 3.05) is 5.32 Å². The summed E-state index contributed by atoms with van der Waals surface area (Å²) < 4.78 is 0.822. The predicted molar refractivity (Wildman–Crippen MR) is 82.2 cm³/mol. The predicted octanol–water partition coefficient (Wildman–Crippen LogP) is 4.76. The molecule has 0 amide bonds. The molecule has 1 unspecified atom stereocenters. The van der Waals surface area contributed by atoms with Gasteiger partial charge in [-0.1, -0.05) is 11.6 Å². The highest BCUT2D eigenvalue weighted by molar-refractivity contribution is 7.16. The van der Waals surface area contributed by atoms with E-state index in [1.54, 1.807) is 11.3 Å². The van der Waals surface area contributed by atoms with Crippen molar-refractivity contribution in [3.8, 4) is 0 Å². The van der Waals surface area contributed by atoms with Gasteiger partial charge in [-0.15, -0.1) is 11.3 Å². The SMILES string of the molecule is Cc1nc2ccc(NC(C)c3ccc(Cl)s3)cc2[nH]1. The Morgan fingerprint density at radius 2 is 2.16 bits per heavy atom. The summed E-state index contributed by atoms with van der Waals surface area (Å²) in [7, 11) is 0. The summed E-state index contributed by atoms with van der Waals surface area (Å²) in [6.45, 7) is 4.09. The smallest absolute Gasteiger partial charge is 0.104 e. The van der Waals surface area contributed by atoms with E-state index in [0.717, 1.165) is 26.9 Å². The summed E-state index contributed by atoms with van der Waals surface area (Å²) in [6.07, 6.45) is 0. The first-order valence-electron chi connectivity index (χ1n) is 6.10. The van der Waals surface area contributed by atoms with Crippen LogP contribution in [-0.4, -0.2) is 9.97 Å². The zero-order valence-corrected chi connectivity index (χ0v) is 12.3. The number of nitrogens with zero attached hydrogens (tertiary/aromatic N) is 1. The molecule has 0 aliphatic carbocycles. The molecule has 5 heteroatoms. The number of aryl methyl sites for hydroxylation is 1. The van der Waals surface area contributed by atoms with Gasteiger partial charge in [0.1, 0.15) is 5.82 Å². The first-order chi connectivity index (χ1) is 9.11. The van der Waals surface area contributed by atoms with Crippen molar-refractivity contribution < 1.29 is 0 Å². The maximum absolute atomic E-state index is 5.97. The molecule has 0 fully saturated rings. The minimum atomic E-state index is 0.235. The number of H-pyrrole nitrogens is 1. The first-order valence-corrected chi connectivity index (χ1v) is 7.29. The van der Waals surface area contributed by atoms with Gasteiger partial charge in [0.05, 0.1) is 21.4 Å². The standard InChI is InChI=1S/C14H14ClN3S/c1-8(13-5-6-14(15)19-13)16-10-3-4-11-12(7-10)18-9(2)17-11/h3-8,16H,1-2H3,(H,17,18). The summed E-state index contributed by atoms with van der Waals surface area (Å²) in [5, 5.41) is 3.48. The van der Waals surface area contributed by atoms with Gasteiger partial charge in [0.15, 0.2) is 0 Å². The van der Waals surface area contributed by atoms with Gasteiger partial charge >= 0.3 is 0 Å². The number of imidazole rings is 1. The van der Waals surface area contributed by atoms with Gasteiger partial charge in [-0.25, -0.2) is 4.98 Å². The number of rotatable bonds is 3.